The molecule has 1 aliphatic heterocycles. The number of carbonyl (C=O) groups is 2. The molecule has 0 spiro atoms. The van der Waals surface area contributed by atoms with Crippen molar-refractivity contribution in [2.24, 2.45) is 0 Å². The molecule has 0 bridgehead atoms. The first kappa shape index (κ1) is 19.9. The maximum Gasteiger partial charge on any atom is 0.342 e. The van der Waals surface area contributed by atoms with Crippen molar-refractivity contribution in [1.82, 2.24) is 0 Å². The standard InChI is InChI=1S/C20H21NO6S/c1-13-14(2)27-15(3)19(13)20(23)26-11-18(22)21(16-7-5-4-6-8-16)17-9-10-28(24,25)12-17/h4-10,17H,11-12H2,1-3H3. The van der Waals surface area contributed by atoms with Crippen LogP contribution >= 0.6 is 0 Å². The topological polar surface area (TPSA) is 93.9 Å². The van der Waals surface area contributed by atoms with Crippen LogP contribution in [0.2, 0.25) is 0 Å². The van der Waals surface area contributed by atoms with E-state index in [9.17, 15) is 18.0 Å². The molecule has 148 valence electrons. The molecule has 8 heteroatoms. The first-order chi connectivity index (χ1) is 13.2. The number of aryl methyl sites for hydroxylation is 2. The lowest BCUT2D eigenvalue weighted by Gasteiger charge is -2.27. The Morgan fingerprint density at radius 1 is 1.14 bits per heavy atom. The average molecular weight is 403 g/mol. The molecule has 0 saturated carbocycles. The number of rotatable bonds is 5. The molecule has 0 radical (unpaired) electrons. The third-order valence-corrected chi connectivity index (χ3v) is 6.02. The number of anilines is 1. The van der Waals surface area contributed by atoms with Gasteiger partial charge in [0.1, 0.15) is 17.1 Å². The predicted molar refractivity (Wildman–Crippen MR) is 104 cm³/mol. The highest BCUT2D eigenvalue weighted by atomic mass is 32.2. The second-order valence-corrected chi connectivity index (χ2v) is 8.55. The fourth-order valence-electron chi connectivity index (χ4n) is 3.19. The number of benzene rings is 1. The van der Waals surface area contributed by atoms with Crippen LogP contribution in [0.15, 0.2) is 46.2 Å². The first-order valence-corrected chi connectivity index (χ1v) is 10.4. The summed E-state index contributed by atoms with van der Waals surface area (Å²) in [5.74, 6) is -0.328. The molecule has 1 unspecified atom stereocenters. The number of ether oxygens (including phenoxy) is 1. The Morgan fingerprint density at radius 3 is 2.36 bits per heavy atom. The molecule has 1 aliphatic rings. The van der Waals surface area contributed by atoms with E-state index < -0.39 is 34.4 Å². The van der Waals surface area contributed by atoms with Gasteiger partial charge in [0, 0.05) is 16.7 Å². The smallest absolute Gasteiger partial charge is 0.342 e. The minimum Gasteiger partial charge on any atom is -0.465 e. The molecular weight excluding hydrogens is 382 g/mol. The molecule has 0 saturated heterocycles. The Kier molecular flexibility index (Phi) is 5.42. The molecule has 28 heavy (non-hydrogen) atoms. The maximum atomic E-state index is 12.8. The molecule has 2 heterocycles. The number of esters is 1. The Morgan fingerprint density at radius 2 is 1.82 bits per heavy atom. The van der Waals surface area contributed by atoms with E-state index in [0.29, 0.717) is 28.3 Å². The Hall–Kier alpha value is -2.87. The molecular formula is C20H21NO6S. The summed E-state index contributed by atoms with van der Waals surface area (Å²) < 4.78 is 34.3. The van der Waals surface area contributed by atoms with Gasteiger partial charge in [0.05, 0.1) is 11.8 Å². The molecule has 3 rings (SSSR count). The fourth-order valence-corrected chi connectivity index (χ4v) is 4.46. The van der Waals surface area contributed by atoms with Gasteiger partial charge >= 0.3 is 5.97 Å². The third kappa shape index (κ3) is 4.01. The second kappa shape index (κ2) is 7.63. The van der Waals surface area contributed by atoms with E-state index in [0.717, 1.165) is 5.41 Å². The number of amides is 1. The van der Waals surface area contributed by atoms with Crippen LogP contribution in [0.4, 0.5) is 5.69 Å². The Labute approximate surface area is 163 Å². The van der Waals surface area contributed by atoms with Crippen LogP contribution in [-0.4, -0.2) is 38.7 Å². The quantitative estimate of drug-likeness (QED) is 0.713. The van der Waals surface area contributed by atoms with Crippen molar-refractivity contribution in [3.63, 3.8) is 0 Å². The van der Waals surface area contributed by atoms with Crippen molar-refractivity contribution in [3.05, 3.63) is 64.5 Å². The van der Waals surface area contributed by atoms with Crippen LogP contribution in [-0.2, 0) is 19.4 Å². The normalized spacial score (nSPS) is 17.5. The van der Waals surface area contributed by atoms with E-state index in [1.165, 1.54) is 11.0 Å². The lowest BCUT2D eigenvalue weighted by Crippen LogP contribution is -2.43. The Bertz CT molecular complexity index is 1040. The van der Waals surface area contributed by atoms with E-state index in [-0.39, 0.29) is 5.75 Å². The first-order valence-electron chi connectivity index (χ1n) is 8.71. The highest BCUT2D eigenvalue weighted by Crippen LogP contribution is 2.24. The average Bonchev–Trinajstić information content (AvgIpc) is 3.12. The molecule has 2 aromatic rings. The zero-order valence-corrected chi connectivity index (χ0v) is 16.7. The minimum atomic E-state index is -3.36. The van der Waals surface area contributed by atoms with Crippen molar-refractivity contribution < 1.29 is 27.2 Å². The lowest BCUT2D eigenvalue weighted by molar-refractivity contribution is -0.121. The van der Waals surface area contributed by atoms with Crippen LogP contribution < -0.4 is 4.90 Å². The Balaban J connectivity index is 1.79. The zero-order chi connectivity index (χ0) is 20.5. The number of nitrogens with zero attached hydrogens (tertiary/aromatic N) is 1. The predicted octanol–water partition coefficient (Wildman–Crippen LogP) is 2.71. The van der Waals surface area contributed by atoms with Crippen LogP contribution in [0.5, 0.6) is 0 Å². The summed E-state index contributed by atoms with van der Waals surface area (Å²) in [6, 6.07) is 8.03. The highest BCUT2D eigenvalue weighted by molar-refractivity contribution is 7.94. The summed E-state index contributed by atoms with van der Waals surface area (Å²) in [6.07, 6.45) is 1.47. The molecule has 7 nitrogen and oxygen atoms in total. The number of carbonyl (C=O) groups excluding carboxylic acids is 2. The van der Waals surface area contributed by atoms with Gasteiger partial charge in [-0.25, -0.2) is 13.2 Å². The zero-order valence-electron chi connectivity index (χ0n) is 15.8. The van der Waals surface area contributed by atoms with Gasteiger partial charge in [-0.3, -0.25) is 4.79 Å². The SMILES string of the molecule is Cc1oc(C)c(C(=O)OCC(=O)N(c2ccccc2)C2C=CS(=O)(=O)C2)c1C. The number of para-hydroxylation sites is 1. The van der Waals surface area contributed by atoms with Gasteiger partial charge in [-0.1, -0.05) is 18.2 Å². The molecule has 0 aliphatic carbocycles. The van der Waals surface area contributed by atoms with E-state index in [1.807, 2.05) is 0 Å². The number of hydrogen-bond acceptors (Lipinski definition) is 6. The fraction of sp³-hybridized carbons (Fsp3) is 0.300. The van der Waals surface area contributed by atoms with Crippen LogP contribution in [0.1, 0.15) is 27.4 Å². The van der Waals surface area contributed by atoms with E-state index in [4.69, 9.17) is 9.15 Å². The van der Waals surface area contributed by atoms with Crippen molar-refractivity contribution in [1.29, 1.82) is 0 Å². The van der Waals surface area contributed by atoms with Gasteiger partial charge in [0.15, 0.2) is 16.4 Å². The number of furan rings is 1. The third-order valence-electron chi connectivity index (χ3n) is 4.64. The second-order valence-electron chi connectivity index (χ2n) is 6.62. The summed E-state index contributed by atoms with van der Waals surface area (Å²) >= 11 is 0. The number of sulfone groups is 1. The van der Waals surface area contributed by atoms with E-state index >= 15 is 0 Å². The van der Waals surface area contributed by atoms with Crippen LogP contribution in [0.3, 0.4) is 0 Å². The minimum absolute atomic E-state index is 0.208. The highest BCUT2D eigenvalue weighted by Gasteiger charge is 2.32. The monoisotopic (exact) mass is 403 g/mol. The molecule has 1 amide bonds. The summed E-state index contributed by atoms with van der Waals surface area (Å²) in [4.78, 5) is 26.6. The van der Waals surface area contributed by atoms with Gasteiger partial charge in [-0.05, 0) is 39.0 Å². The molecule has 0 fully saturated rings. The van der Waals surface area contributed by atoms with Crippen LogP contribution in [0, 0.1) is 20.8 Å². The van der Waals surface area contributed by atoms with Gasteiger partial charge in [-0.2, -0.15) is 0 Å². The van der Waals surface area contributed by atoms with Crippen LogP contribution in [0.25, 0.3) is 0 Å². The van der Waals surface area contributed by atoms with Crippen molar-refractivity contribution >= 4 is 27.4 Å². The van der Waals surface area contributed by atoms with Crippen molar-refractivity contribution in [2.45, 2.75) is 26.8 Å². The molecule has 1 aromatic carbocycles. The van der Waals surface area contributed by atoms with Gasteiger partial charge in [0.25, 0.3) is 5.91 Å². The molecule has 1 atom stereocenters. The maximum absolute atomic E-state index is 12.8. The molecule has 1 aromatic heterocycles. The summed E-state index contributed by atoms with van der Waals surface area (Å²) in [5.41, 5.74) is 1.50. The number of hydrogen-bond donors (Lipinski definition) is 0. The summed E-state index contributed by atoms with van der Waals surface area (Å²) in [5, 5.41) is 1.11. The molecule has 0 N–H and O–H groups in total. The van der Waals surface area contributed by atoms with Crippen molar-refractivity contribution in [3.8, 4) is 0 Å². The summed E-state index contributed by atoms with van der Waals surface area (Å²) in [6.45, 7) is 4.63. The van der Waals surface area contributed by atoms with E-state index in [1.54, 1.807) is 51.1 Å². The van der Waals surface area contributed by atoms with Gasteiger partial charge in [-0.15, -0.1) is 0 Å². The van der Waals surface area contributed by atoms with E-state index in [2.05, 4.69) is 0 Å². The lowest BCUT2D eigenvalue weighted by atomic mass is 10.1. The van der Waals surface area contributed by atoms with Gasteiger partial charge < -0.3 is 14.1 Å². The summed E-state index contributed by atoms with van der Waals surface area (Å²) in [7, 11) is -3.36. The van der Waals surface area contributed by atoms with Gasteiger partial charge in [0.2, 0.25) is 0 Å². The van der Waals surface area contributed by atoms with Crippen molar-refractivity contribution in [2.75, 3.05) is 17.3 Å². The largest absolute Gasteiger partial charge is 0.465 e.